The fourth-order valence-corrected chi connectivity index (χ4v) is 9.01. The molecule has 0 spiro atoms. The Morgan fingerprint density at radius 1 is 1.03 bits per heavy atom. The summed E-state index contributed by atoms with van der Waals surface area (Å²) in [7, 11) is 0. The zero-order chi connectivity index (χ0) is 20.8. The molecule has 0 unspecified atom stereocenters. The van der Waals surface area contributed by atoms with Gasteiger partial charge in [-0.1, -0.05) is 52.7 Å². The Balaban J connectivity index is 1.46. The van der Waals surface area contributed by atoms with Crippen LogP contribution in [0.1, 0.15) is 105 Å². The highest BCUT2D eigenvalue weighted by Crippen LogP contribution is 2.64. The minimum absolute atomic E-state index is 0.0584. The van der Waals surface area contributed by atoms with Gasteiger partial charge in [0.05, 0.1) is 6.10 Å². The molecule has 0 aliphatic heterocycles. The molecule has 1 N–H and O–H groups in total. The highest BCUT2D eigenvalue weighted by molar-refractivity contribution is 5.20. The molecule has 9 atom stereocenters. The molecule has 0 aromatic heterocycles. The van der Waals surface area contributed by atoms with Gasteiger partial charge in [-0.2, -0.15) is 0 Å². The Labute approximate surface area is 181 Å². The van der Waals surface area contributed by atoms with Crippen molar-refractivity contribution in [2.24, 2.45) is 52.8 Å². The molecule has 4 aliphatic rings. The molecular weight excluding hydrogens is 352 g/mol. The maximum absolute atomic E-state index is 10.1. The largest absolute Gasteiger partial charge is 0.393 e. The molecule has 0 radical (unpaired) electrons. The lowest BCUT2D eigenvalue weighted by Gasteiger charge is -2.54. The van der Waals surface area contributed by atoms with Crippen LogP contribution >= 0.6 is 0 Å². The fraction of sp³-hybridized carbons (Fsp3) is 0.929. The van der Waals surface area contributed by atoms with Crippen LogP contribution in [0.25, 0.3) is 0 Å². The van der Waals surface area contributed by atoms with E-state index < -0.39 is 0 Å². The van der Waals surface area contributed by atoms with Crippen LogP contribution in [0.15, 0.2) is 11.6 Å². The van der Waals surface area contributed by atoms with Gasteiger partial charge in [0.2, 0.25) is 0 Å². The average molecular weight is 401 g/mol. The lowest BCUT2D eigenvalue weighted by atomic mass is 9.51. The van der Waals surface area contributed by atoms with Crippen LogP contribution in [-0.2, 0) is 0 Å². The van der Waals surface area contributed by atoms with Gasteiger partial charge in [0.25, 0.3) is 0 Å². The van der Waals surface area contributed by atoms with E-state index >= 15 is 0 Å². The smallest absolute Gasteiger partial charge is 0.0577 e. The molecule has 166 valence electrons. The van der Waals surface area contributed by atoms with Gasteiger partial charge in [-0.25, -0.2) is 0 Å². The minimum Gasteiger partial charge on any atom is -0.393 e. The standard InChI is InChI=1S/C28H48O/c1-6-20(15-18(2)3)16-19(4)26-11-12-27-25-9-7-21-17-22(29)8-10-23(21)24(25)13-14-28(26,27)5/h7,18-20,22-27,29H,6,8-17H2,1-5H3/t19-,20+,22-,23+,24-,25-,26-,27+,28-/m1/s1. The van der Waals surface area contributed by atoms with Crippen LogP contribution in [0.2, 0.25) is 0 Å². The second kappa shape index (κ2) is 8.68. The Morgan fingerprint density at radius 3 is 2.55 bits per heavy atom. The first-order valence-electron chi connectivity index (χ1n) is 13.2. The summed E-state index contributed by atoms with van der Waals surface area (Å²) in [6, 6.07) is 0. The zero-order valence-electron chi connectivity index (χ0n) is 20.0. The monoisotopic (exact) mass is 400 g/mol. The topological polar surface area (TPSA) is 20.2 Å². The highest BCUT2D eigenvalue weighted by atomic mass is 16.3. The summed E-state index contributed by atoms with van der Waals surface area (Å²) in [5.41, 5.74) is 2.23. The first-order valence-corrected chi connectivity index (χ1v) is 13.2. The van der Waals surface area contributed by atoms with Crippen LogP contribution in [0.4, 0.5) is 0 Å². The molecule has 0 aromatic rings. The van der Waals surface area contributed by atoms with Crippen molar-refractivity contribution in [2.75, 3.05) is 0 Å². The van der Waals surface area contributed by atoms with Gasteiger partial charge in [-0.3, -0.25) is 0 Å². The molecule has 3 saturated carbocycles. The van der Waals surface area contributed by atoms with Crippen LogP contribution in [0, 0.1) is 52.8 Å². The van der Waals surface area contributed by atoms with Crippen molar-refractivity contribution in [3.63, 3.8) is 0 Å². The summed E-state index contributed by atoms with van der Waals surface area (Å²) in [6.07, 6.45) is 17.3. The van der Waals surface area contributed by atoms with E-state index in [0.717, 1.165) is 60.2 Å². The van der Waals surface area contributed by atoms with Crippen molar-refractivity contribution >= 4 is 0 Å². The number of hydrogen-bond donors (Lipinski definition) is 1. The Morgan fingerprint density at radius 2 is 1.83 bits per heavy atom. The second-order valence-corrected chi connectivity index (χ2v) is 12.3. The average Bonchev–Trinajstić information content (AvgIpc) is 3.03. The van der Waals surface area contributed by atoms with E-state index in [-0.39, 0.29) is 6.10 Å². The van der Waals surface area contributed by atoms with Gasteiger partial charge in [0.1, 0.15) is 0 Å². The molecule has 0 bridgehead atoms. The van der Waals surface area contributed by atoms with E-state index in [9.17, 15) is 5.11 Å². The summed E-state index contributed by atoms with van der Waals surface area (Å²) in [5.74, 6) is 7.26. The van der Waals surface area contributed by atoms with Crippen molar-refractivity contribution in [1.29, 1.82) is 0 Å². The van der Waals surface area contributed by atoms with E-state index in [2.05, 4.69) is 40.7 Å². The third-order valence-corrected chi connectivity index (χ3v) is 10.3. The van der Waals surface area contributed by atoms with E-state index in [1.165, 1.54) is 57.8 Å². The minimum atomic E-state index is -0.0584. The van der Waals surface area contributed by atoms with E-state index in [1.54, 1.807) is 5.57 Å². The van der Waals surface area contributed by atoms with Crippen LogP contribution in [0.5, 0.6) is 0 Å². The van der Waals surface area contributed by atoms with Crippen molar-refractivity contribution < 1.29 is 5.11 Å². The molecule has 4 aliphatic carbocycles. The first kappa shape index (κ1) is 21.9. The third kappa shape index (κ3) is 4.11. The number of fused-ring (bicyclic) bond motifs is 5. The number of aliphatic hydroxyl groups is 1. The SMILES string of the molecule is CC[C@@H](CC(C)C)C[C@@H](C)[C@H]1CC[C@H]2[C@@H]3CC=C4C[C@H](O)CC[C@@H]4[C@H]3CC[C@]12C. The van der Waals surface area contributed by atoms with E-state index in [0.29, 0.717) is 5.41 Å². The molecular formula is C28H48O. The Kier molecular flexibility index (Phi) is 6.56. The van der Waals surface area contributed by atoms with Crippen LogP contribution < -0.4 is 0 Å². The number of allylic oxidation sites excluding steroid dienone is 1. The predicted molar refractivity (Wildman–Crippen MR) is 124 cm³/mol. The summed E-state index contributed by atoms with van der Waals surface area (Å²) >= 11 is 0. The molecule has 0 aromatic carbocycles. The van der Waals surface area contributed by atoms with Gasteiger partial charge >= 0.3 is 0 Å². The van der Waals surface area contributed by atoms with Crippen molar-refractivity contribution in [2.45, 2.75) is 111 Å². The second-order valence-electron chi connectivity index (χ2n) is 12.3. The predicted octanol–water partition coefficient (Wildman–Crippen LogP) is 7.63. The normalized spacial score (nSPS) is 43.9. The molecule has 1 nitrogen and oxygen atoms in total. The van der Waals surface area contributed by atoms with Crippen molar-refractivity contribution in [3.8, 4) is 0 Å². The summed E-state index contributed by atoms with van der Waals surface area (Å²) in [6.45, 7) is 12.5. The van der Waals surface area contributed by atoms with Crippen molar-refractivity contribution in [1.82, 2.24) is 0 Å². The molecule has 29 heavy (non-hydrogen) atoms. The van der Waals surface area contributed by atoms with Gasteiger partial charge in [0.15, 0.2) is 0 Å². The number of rotatable bonds is 6. The van der Waals surface area contributed by atoms with E-state index in [1.807, 2.05) is 0 Å². The quantitative estimate of drug-likeness (QED) is 0.454. The molecule has 0 saturated heterocycles. The summed E-state index contributed by atoms with van der Waals surface area (Å²) in [4.78, 5) is 0. The molecule has 3 fully saturated rings. The van der Waals surface area contributed by atoms with Gasteiger partial charge < -0.3 is 5.11 Å². The Bertz CT molecular complexity index is 591. The maximum atomic E-state index is 10.1. The van der Waals surface area contributed by atoms with Crippen LogP contribution in [-0.4, -0.2) is 11.2 Å². The van der Waals surface area contributed by atoms with Crippen LogP contribution in [0.3, 0.4) is 0 Å². The fourth-order valence-electron chi connectivity index (χ4n) is 9.01. The van der Waals surface area contributed by atoms with Gasteiger partial charge in [-0.15, -0.1) is 0 Å². The van der Waals surface area contributed by atoms with Gasteiger partial charge in [-0.05, 0) is 117 Å². The molecule has 0 heterocycles. The first-order chi connectivity index (χ1) is 13.8. The van der Waals surface area contributed by atoms with E-state index in [4.69, 9.17) is 0 Å². The maximum Gasteiger partial charge on any atom is 0.0577 e. The molecule has 1 heteroatoms. The van der Waals surface area contributed by atoms with Crippen molar-refractivity contribution in [3.05, 3.63) is 11.6 Å². The lowest BCUT2D eigenvalue weighted by molar-refractivity contribution is -0.0309. The lowest BCUT2D eigenvalue weighted by Crippen LogP contribution is -2.47. The summed E-state index contributed by atoms with van der Waals surface area (Å²) < 4.78 is 0. The zero-order valence-corrected chi connectivity index (χ0v) is 20.0. The number of hydrogen-bond acceptors (Lipinski definition) is 1. The van der Waals surface area contributed by atoms with Gasteiger partial charge in [0, 0.05) is 0 Å². The molecule has 0 amide bonds. The summed E-state index contributed by atoms with van der Waals surface area (Å²) in [5, 5.41) is 10.1. The number of aliphatic hydroxyl groups excluding tert-OH is 1. The molecule has 4 rings (SSSR count). The Hall–Kier alpha value is -0.300. The third-order valence-electron chi connectivity index (χ3n) is 10.3. The highest BCUT2D eigenvalue weighted by Gasteiger charge is 2.56.